The second kappa shape index (κ2) is 7.56. The molecule has 0 saturated carbocycles. The molecule has 0 atom stereocenters. The number of nitrogens with zero attached hydrogens (tertiary/aromatic N) is 1. The predicted octanol–water partition coefficient (Wildman–Crippen LogP) is 2.46. The van der Waals surface area contributed by atoms with E-state index in [1.54, 1.807) is 24.3 Å². The van der Waals surface area contributed by atoms with E-state index in [9.17, 15) is 13.2 Å². The number of hydrogen-bond donors (Lipinski definition) is 1. The van der Waals surface area contributed by atoms with Gasteiger partial charge in [0.25, 0.3) is 5.91 Å². The second-order valence-electron chi connectivity index (χ2n) is 5.90. The Morgan fingerprint density at radius 2 is 1.76 bits per heavy atom. The van der Waals surface area contributed by atoms with Gasteiger partial charge in [-0.05, 0) is 29.7 Å². The summed E-state index contributed by atoms with van der Waals surface area (Å²) in [5.41, 5.74) is 2.58. The summed E-state index contributed by atoms with van der Waals surface area (Å²) < 4.78 is 26.5. The molecule has 1 aliphatic heterocycles. The van der Waals surface area contributed by atoms with Gasteiger partial charge in [-0.25, -0.2) is 8.42 Å². The second-order valence-corrected chi connectivity index (χ2v) is 8.40. The molecule has 0 aliphatic carbocycles. The van der Waals surface area contributed by atoms with Crippen molar-refractivity contribution >= 4 is 27.5 Å². The van der Waals surface area contributed by atoms with E-state index >= 15 is 0 Å². The fraction of sp³-hybridized carbons (Fsp3) is 0.278. The van der Waals surface area contributed by atoms with Gasteiger partial charge in [0.1, 0.15) is 0 Å². The van der Waals surface area contributed by atoms with Crippen LogP contribution in [0.4, 0.5) is 0 Å². The van der Waals surface area contributed by atoms with Crippen molar-refractivity contribution in [2.45, 2.75) is 13.0 Å². The van der Waals surface area contributed by atoms with E-state index in [-0.39, 0.29) is 18.2 Å². The predicted molar refractivity (Wildman–Crippen MR) is 98.1 cm³/mol. The summed E-state index contributed by atoms with van der Waals surface area (Å²) in [4.78, 5) is 12.1. The third kappa shape index (κ3) is 4.21. The molecule has 0 saturated heterocycles. The van der Waals surface area contributed by atoms with Crippen molar-refractivity contribution in [3.8, 4) is 0 Å². The van der Waals surface area contributed by atoms with Crippen LogP contribution in [0.25, 0.3) is 0 Å². The van der Waals surface area contributed by atoms with E-state index in [0.717, 1.165) is 5.56 Å². The molecule has 132 valence electrons. The number of amides is 1. The van der Waals surface area contributed by atoms with Crippen LogP contribution in [0.5, 0.6) is 0 Å². The quantitative estimate of drug-likeness (QED) is 0.869. The van der Waals surface area contributed by atoms with Crippen LogP contribution in [0.15, 0.2) is 48.5 Å². The molecule has 3 rings (SSSR count). The first-order valence-electron chi connectivity index (χ1n) is 8.05. The monoisotopic (exact) mass is 378 g/mol. The molecule has 1 N–H and O–H groups in total. The van der Waals surface area contributed by atoms with Crippen LogP contribution in [0.1, 0.15) is 21.5 Å². The van der Waals surface area contributed by atoms with Gasteiger partial charge in [0.05, 0.1) is 16.3 Å². The van der Waals surface area contributed by atoms with Gasteiger partial charge in [0.2, 0.25) is 10.0 Å². The largest absolute Gasteiger partial charge is 0.351 e. The number of sulfonamides is 1. The lowest BCUT2D eigenvalue weighted by Gasteiger charge is -2.28. The van der Waals surface area contributed by atoms with Crippen molar-refractivity contribution in [1.82, 2.24) is 9.62 Å². The molecule has 0 unspecified atom stereocenters. The lowest BCUT2D eigenvalue weighted by molar-refractivity contribution is 0.0956. The van der Waals surface area contributed by atoms with E-state index in [4.69, 9.17) is 11.6 Å². The number of carbonyl (C=O) groups is 1. The van der Waals surface area contributed by atoms with E-state index in [1.807, 2.05) is 24.3 Å². The average Bonchev–Trinajstić information content (AvgIpc) is 2.61. The number of carbonyl (C=O) groups excluding carboxylic acids is 1. The Bertz CT molecular complexity index is 883. The third-order valence-corrected chi connectivity index (χ3v) is 6.40. The highest BCUT2D eigenvalue weighted by atomic mass is 35.5. The van der Waals surface area contributed by atoms with Crippen molar-refractivity contribution in [3.63, 3.8) is 0 Å². The molecule has 1 heterocycles. The lowest BCUT2D eigenvalue weighted by atomic mass is 10.0. The first-order chi connectivity index (χ1) is 12.0. The minimum Gasteiger partial charge on any atom is -0.351 e. The number of hydrogen-bond acceptors (Lipinski definition) is 3. The van der Waals surface area contributed by atoms with Crippen molar-refractivity contribution < 1.29 is 13.2 Å². The van der Waals surface area contributed by atoms with Crippen molar-refractivity contribution in [2.24, 2.45) is 0 Å². The van der Waals surface area contributed by atoms with Crippen LogP contribution in [0.3, 0.4) is 0 Å². The van der Waals surface area contributed by atoms with Gasteiger partial charge in [-0.2, -0.15) is 4.31 Å². The van der Waals surface area contributed by atoms with Gasteiger partial charge in [-0.1, -0.05) is 48.0 Å². The zero-order chi connectivity index (χ0) is 17.9. The van der Waals surface area contributed by atoms with Gasteiger partial charge < -0.3 is 5.32 Å². The standard InChI is InChI=1S/C18H19ClN2O3S/c19-17-8-4-3-7-16(17)18(22)20-10-12-25(23,24)21-11-9-14-5-1-2-6-15(14)13-21/h1-8H,9-13H2,(H,20,22). The Hall–Kier alpha value is -1.89. The molecule has 0 radical (unpaired) electrons. The summed E-state index contributed by atoms with van der Waals surface area (Å²) in [6.07, 6.45) is 0.710. The van der Waals surface area contributed by atoms with Gasteiger partial charge in [0, 0.05) is 19.6 Å². The van der Waals surface area contributed by atoms with Gasteiger partial charge >= 0.3 is 0 Å². The fourth-order valence-corrected chi connectivity index (χ4v) is 4.42. The Kier molecular flexibility index (Phi) is 5.42. The summed E-state index contributed by atoms with van der Waals surface area (Å²) in [7, 11) is -3.43. The zero-order valence-electron chi connectivity index (χ0n) is 13.6. The smallest absolute Gasteiger partial charge is 0.252 e. The molecule has 5 nitrogen and oxygen atoms in total. The highest BCUT2D eigenvalue weighted by molar-refractivity contribution is 7.89. The van der Waals surface area contributed by atoms with Gasteiger partial charge in [0.15, 0.2) is 0 Å². The summed E-state index contributed by atoms with van der Waals surface area (Å²) in [6, 6.07) is 14.5. The molecule has 0 aromatic heterocycles. The fourth-order valence-electron chi connectivity index (χ4n) is 2.87. The molecule has 2 aromatic carbocycles. The molecular weight excluding hydrogens is 360 g/mol. The van der Waals surface area contributed by atoms with Crippen LogP contribution < -0.4 is 5.32 Å². The summed E-state index contributed by atoms with van der Waals surface area (Å²) in [5, 5.41) is 2.97. The topological polar surface area (TPSA) is 66.5 Å². The average molecular weight is 379 g/mol. The highest BCUT2D eigenvalue weighted by Crippen LogP contribution is 2.21. The maximum absolute atomic E-state index is 12.5. The maximum Gasteiger partial charge on any atom is 0.252 e. The summed E-state index contributed by atoms with van der Waals surface area (Å²) in [5.74, 6) is -0.504. The number of fused-ring (bicyclic) bond motifs is 1. The molecule has 2 aromatic rings. The van der Waals surface area contributed by atoms with Crippen LogP contribution in [-0.4, -0.2) is 37.5 Å². The molecule has 0 bridgehead atoms. The Labute approximate surface area is 152 Å². The Balaban J connectivity index is 1.58. The molecular formula is C18H19ClN2O3S. The van der Waals surface area contributed by atoms with Crippen LogP contribution in [0.2, 0.25) is 5.02 Å². The number of halogens is 1. The van der Waals surface area contributed by atoms with E-state index in [0.29, 0.717) is 30.1 Å². The molecule has 7 heteroatoms. The van der Waals surface area contributed by atoms with Gasteiger partial charge in [-0.3, -0.25) is 4.79 Å². The first kappa shape index (κ1) is 17.9. The maximum atomic E-state index is 12.5. The number of nitrogens with one attached hydrogen (secondary N) is 1. The van der Waals surface area contributed by atoms with Crippen LogP contribution >= 0.6 is 11.6 Å². The van der Waals surface area contributed by atoms with Crippen LogP contribution in [-0.2, 0) is 23.0 Å². The number of benzene rings is 2. The Morgan fingerprint density at radius 3 is 2.52 bits per heavy atom. The van der Waals surface area contributed by atoms with E-state index < -0.39 is 10.0 Å². The number of rotatable bonds is 5. The molecule has 25 heavy (non-hydrogen) atoms. The van der Waals surface area contributed by atoms with E-state index in [2.05, 4.69) is 5.32 Å². The molecule has 0 fully saturated rings. The lowest BCUT2D eigenvalue weighted by Crippen LogP contribution is -2.40. The minimum atomic E-state index is -3.43. The highest BCUT2D eigenvalue weighted by Gasteiger charge is 2.26. The summed E-state index contributed by atoms with van der Waals surface area (Å²) >= 11 is 5.97. The SMILES string of the molecule is O=C(NCCS(=O)(=O)N1CCc2ccccc2C1)c1ccccc1Cl. The van der Waals surface area contributed by atoms with Crippen molar-refractivity contribution in [3.05, 3.63) is 70.2 Å². The molecule has 1 amide bonds. The summed E-state index contributed by atoms with van der Waals surface area (Å²) in [6.45, 7) is 0.902. The normalized spacial score (nSPS) is 14.8. The molecule has 0 spiro atoms. The minimum absolute atomic E-state index is 0.0462. The Morgan fingerprint density at radius 1 is 1.08 bits per heavy atom. The zero-order valence-corrected chi connectivity index (χ0v) is 15.2. The first-order valence-corrected chi connectivity index (χ1v) is 10.0. The van der Waals surface area contributed by atoms with E-state index in [1.165, 1.54) is 9.87 Å². The molecule has 1 aliphatic rings. The van der Waals surface area contributed by atoms with Gasteiger partial charge in [-0.15, -0.1) is 0 Å². The third-order valence-electron chi connectivity index (χ3n) is 4.25. The van der Waals surface area contributed by atoms with Crippen molar-refractivity contribution in [2.75, 3.05) is 18.8 Å². The van der Waals surface area contributed by atoms with Crippen molar-refractivity contribution in [1.29, 1.82) is 0 Å². The van der Waals surface area contributed by atoms with Crippen LogP contribution in [0, 0.1) is 0 Å².